The highest BCUT2D eigenvalue weighted by atomic mass is 16.2. The molecule has 2 aromatic rings. The van der Waals surface area contributed by atoms with E-state index in [9.17, 15) is 14.4 Å². The molecule has 0 unspecified atom stereocenters. The minimum absolute atomic E-state index is 0.00328. The number of carbonyl (C=O) groups excluding carboxylic acids is 2. The van der Waals surface area contributed by atoms with E-state index in [1.807, 2.05) is 44.2 Å². The number of amides is 2. The SMILES string of the molecule is CCNC(=O)c1cn(CC(C)C)cc(C(=O)N(C)Cc2ccccc2)c1=O. The predicted octanol–water partition coefficient (Wildman–Crippen LogP) is 2.53. The van der Waals surface area contributed by atoms with Crippen LogP contribution >= 0.6 is 0 Å². The average molecular weight is 369 g/mol. The first-order chi connectivity index (χ1) is 12.8. The second-order valence-corrected chi connectivity index (χ2v) is 7.01. The Morgan fingerprint density at radius 3 is 2.33 bits per heavy atom. The van der Waals surface area contributed by atoms with E-state index < -0.39 is 17.2 Å². The molecule has 0 atom stereocenters. The first kappa shape index (κ1) is 20.4. The van der Waals surface area contributed by atoms with Crippen molar-refractivity contribution >= 4 is 11.8 Å². The van der Waals surface area contributed by atoms with Crippen LogP contribution in [0.5, 0.6) is 0 Å². The maximum absolute atomic E-state index is 12.9. The maximum atomic E-state index is 12.9. The summed E-state index contributed by atoms with van der Waals surface area (Å²) in [7, 11) is 1.65. The minimum atomic E-state index is -0.536. The van der Waals surface area contributed by atoms with Gasteiger partial charge in [-0.05, 0) is 18.4 Å². The number of nitrogens with zero attached hydrogens (tertiary/aromatic N) is 2. The van der Waals surface area contributed by atoms with Crippen LogP contribution in [0.3, 0.4) is 0 Å². The lowest BCUT2D eigenvalue weighted by Gasteiger charge is -2.19. The molecule has 1 aromatic carbocycles. The number of hydrogen-bond donors (Lipinski definition) is 1. The van der Waals surface area contributed by atoms with Gasteiger partial charge in [0.15, 0.2) is 0 Å². The van der Waals surface area contributed by atoms with Crippen molar-refractivity contribution in [2.75, 3.05) is 13.6 Å². The molecule has 6 nitrogen and oxygen atoms in total. The Kier molecular flexibility index (Phi) is 6.93. The first-order valence-corrected chi connectivity index (χ1v) is 9.15. The highest BCUT2D eigenvalue weighted by molar-refractivity contribution is 5.99. The Morgan fingerprint density at radius 2 is 1.74 bits per heavy atom. The van der Waals surface area contributed by atoms with Crippen molar-refractivity contribution in [3.8, 4) is 0 Å². The molecule has 2 amide bonds. The Bertz CT molecular complexity index is 857. The van der Waals surface area contributed by atoms with Gasteiger partial charge in [0.25, 0.3) is 11.8 Å². The molecule has 0 aliphatic rings. The standard InChI is InChI=1S/C21H27N3O3/c1-5-22-20(26)17-13-24(11-15(2)3)14-18(19(17)25)21(27)23(4)12-16-9-7-6-8-10-16/h6-10,13-15H,5,11-12H2,1-4H3,(H,22,26). The second-order valence-electron chi connectivity index (χ2n) is 7.01. The van der Waals surface area contributed by atoms with Crippen LogP contribution in [0.1, 0.15) is 47.1 Å². The molecule has 0 fully saturated rings. The minimum Gasteiger partial charge on any atom is -0.352 e. The molecular weight excluding hydrogens is 342 g/mol. The predicted molar refractivity (Wildman–Crippen MR) is 106 cm³/mol. The number of carbonyl (C=O) groups is 2. The molecule has 6 heteroatoms. The highest BCUT2D eigenvalue weighted by Crippen LogP contribution is 2.09. The van der Waals surface area contributed by atoms with Crippen LogP contribution in [0, 0.1) is 5.92 Å². The molecule has 1 aromatic heterocycles. The van der Waals surface area contributed by atoms with Crippen LogP contribution in [0.25, 0.3) is 0 Å². The van der Waals surface area contributed by atoms with Gasteiger partial charge in [0.05, 0.1) is 0 Å². The number of rotatable bonds is 7. The van der Waals surface area contributed by atoms with E-state index in [0.717, 1.165) is 5.56 Å². The van der Waals surface area contributed by atoms with E-state index in [1.54, 1.807) is 24.7 Å². The number of aromatic nitrogens is 1. The first-order valence-electron chi connectivity index (χ1n) is 9.15. The summed E-state index contributed by atoms with van der Waals surface area (Å²) in [4.78, 5) is 39.5. The average Bonchev–Trinajstić information content (AvgIpc) is 2.63. The maximum Gasteiger partial charge on any atom is 0.259 e. The molecule has 2 rings (SSSR count). The van der Waals surface area contributed by atoms with E-state index >= 15 is 0 Å². The summed E-state index contributed by atoms with van der Waals surface area (Å²) in [6.45, 7) is 7.26. The van der Waals surface area contributed by atoms with Crippen molar-refractivity contribution in [3.05, 3.63) is 69.6 Å². The van der Waals surface area contributed by atoms with Crippen LogP contribution in [0.15, 0.2) is 47.5 Å². The molecule has 1 heterocycles. The molecule has 0 aliphatic carbocycles. The Balaban J connectivity index is 2.40. The normalized spacial score (nSPS) is 10.7. The summed E-state index contributed by atoms with van der Waals surface area (Å²) in [6, 6.07) is 9.56. The van der Waals surface area contributed by atoms with E-state index in [1.165, 1.54) is 11.1 Å². The molecule has 0 bridgehead atoms. The zero-order chi connectivity index (χ0) is 20.0. The van der Waals surface area contributed by atoms with Crippen molar-refractivity contribution in [1.82, 2.24) is 14.8 Å². The largest absolute Gasteiger partial charge is 0.352 e. The summed E-state index contributed by atoms with van der Waals surface area (Å²) >= 11 is 0. The van der Waals surface area contributed by atoms with Gasteiger partial charge in [-0.2, -0.15) is 0 Å². The van der Waals surface area contributed by atoms with E-state index in [0.29, 0.717) is 25.6 Å². The summed E-state index contributed by atoms with van der Waals surface area (Å²) in [6.07, 6.45) is 3.08. The van der Waals surface area contributed by atoms with E-state index in [-0.39, 0.29) is 11.1 Å². The fraction of sp³-hybridized carbons (Fsp3) is 0.381. The second kappa shape index (κ2) is 9.16. The summed E-state index contributed by atoms with van der Waals surface area (Å²) in [5.74, 6) is -0.549. The van der Waals surface area contributed by atoms with Crippen LogP contribution in [0.2, 0.25) is 0 Å². The molecule has 144 valence electrons. The summed E-state index contributed by atoms with van der Waals surface area (Å²) < 4.78 is 1.75. The molecule has 0 radical (unpaired) electrons. The third kappa shape index (κ3) is 5.29. The van der Waals surface area contributed by atoms with Crippen molar-refractivity contribution in [1.29, 1.82) is 0 Å². The fourth-order valence-electron chi connectivity index (χ4n) is 2.86. The van der Waals surface area contributed by atoms with Gasteiger partial charge < -0.3 is 14.8 Å². The Labute approximate surface area is 159 Å². The molecule has 0 spiro atoms. The zero-order valence-electron chi connectivity index (χ0n) is 16.4. The van der Waals surface area contributed by atoms with Crippen LogP contribution in [-0.2, 0) is 13.1 Å². The van der Waals surface area contributed by atoms with Gasteiger partial charge in [0.2, 0.25) is 5.43 Å². The molecule has 1 N–H and O–H groups in total. The molecule has 27 heavy (non-hydrogen) atoms. The van der Waals surface area contributed by atoms with Gasteiger partial charge in [-0.25, -0.2) is 0 Å². The van der Waals surface area contributed by atoms with Gasteiger partial charge >= 0.3 is 0 Å². The Morgan fingerprint density at radius 1 is 1.11 bits per heavy atom. The van der Waals surface area contributed by atoms with Crippen molar-refractivity contribution in [3.63, 3.8) is 0 Å². The van der Waals surface area contributed by atoms with Gasteiger partial charge in [0, 0.05) is 39.1 Å². The number of pyridine rings is 1. The molecule has 0 aliphatic heterocycles. The smallest absolute Gasteiger partial charge is 0.259 e. The number of nitrogens with one attached hydrogen (secondary N) is 1. The van der Waals surface area contributed by atoms with Crippen LogP contribution < -0.4 is 10.7 Å². The molecular formula is C21H27N3O3. The summed E-state index contributed by atoms with van der Waals surface area (Å²) in [5, 5.41) is 2.64. The van der Waals surface area contributed by atoms with E-state index in [2.05, 4.69) is 5.32 Å². The summed E-state index contributed by atoms with van der Waals surface area (Å²) in [5.41, 5.74) is 0.441. The fourth-order valence-corrected chi connectivity index (χ4v) is 2.86. The van der Waals surface area contributed by atoms with Crippen molar-refractivity contribution < 1.29 is 9.59 Å². The number of hydrogen-bond acceptors (Lipinski definition) is 3. The lowest BCUT2D eigenvalue weighted by atomic mass is 10.1. The lowest BCUT2D eigenvalue weighted by molar-refractivity contribution is 0.0782. The molecule has 0 saturated carbocycles. The Hall–Kier alpha value is -2.89. The quantitative estimate of drug-likeness (QED) is 0.815. The van der Waals surface area contributed by atoms with Gasteiger partial charge in [-0.15, -0.1) is 0 Å². The van der Waals surface area contributed by atoms with Crippen LogP contribution in [0.4, 0.5) is 0 Å². The van der Waals surface area contributed by atoms with Gasteiger partial charge in [-0.1, -0.05) is 44.2 Å². The lowest BCUT2D eigenvalue weighted by Crippen LogP contribution is -2.36. The monoisotopic (exact) mass is 369 g/mol. The van der Waals surface area contributed by atoms with Gasteiger partial charge in [-0.3, -0.25) is 14.4 Å². The zero-order valence-corrected chi connectivity index (χ0v) is 16.4. The third-order valence-electron chi connectivity index (χ3n) is 4.08. The molecule has 0 saturated heterocycles. The third-order valence-corrected chi connectivity index (χ3v) is 4.08. The van der Waals surface area contributed by atoms with Crippen molar-refractivity contribution in [2.45, 2.75) is 33.9 Å². The highest BCUT2D eigenvalue weighted by Gasteiger charge is 2.21. The topological polar surface area (TPSA) is 71.4 Å². The van der Waals surface area contributed by atoms with E-state index in [4.69, 9.17) is 0 Å². The van der Waals surface area contributed by atoms with Crippen molar-refractivity contribution in [2.24, 2.45) is 5.92 Å². The van der Waals surface area contributed by atoms with Gasteiger partial charge in [0.1, 0.15) is 11.1 Å². The van der Waals surface area contributed by atoms with Crippen LogP contribution in [-0.4, -0.2) is 34.9 Å². The number of benzene rings is 1.